The zero-order valence-corrected chi connectivity index (χ0v) is 16.0. The molecule has 4 N–H and O–H groups in total. The number of ether oxygens (including phenoxy) is 1. The number of H-pyrrole nitrogens is 1. The predicted octanol–water partition coefficient (Wildman–Crippen LogP) is 0.627. The van der Waals surface area contributed by atoms with Gasteiger partial charge in [-0.1, -0.05) is 0 Å². The van der Waals surface area contributed by atoms with E-state index in [1.807, 2.05) is 4.90 Å². The Labute approximate surface area is 160 Å². The van der Waals surface area contributed by atoms with E-state index in [-0.39, 0.29) is 47.0 Å². The van der Waals surface area contributed by atoms with Crippen molar-refractivity contribution in [3.8, 4) is 5.75 Å². The van der Waals surface area contributed by atoms with Gasteiger partial charge in [-0.25, -0.2) is 9.18 Å². The molecule has 1 aromatic carbocycles. The number of hydrogen-bond donors (Lipinski definition) is 3. The summed E-state index contributed by atoms with van der Waals surface area (Å²) in [6.07, 6.45) is 2.37. The van der Waals surface area contributed by atoms with Gasteiger partial charge in [0, 0.05) is 30.7 Å². The van der Waals surface area contributed by atoms with Gasteiger partial charge in [0.1, 0.15) is 11.2 Å². The number of methoxy groups -OCH3 is 1. The number of fused-ring (bicyclic) bond motifs is 1. The van der Waals surface area contributed by atoms with Crippen LogP contribution in [-0.4, -0.2) is 47.5 Å². The van der Waals surface area contributed by atoms with Crippen LogP contribution in [0.3, 0.4) is 0 Å². The van der Waals surface area contributed by atoms with Crippen molar-refractivity contribution >= 4 is 16.6 Å². The summed E-state index contributed by atoms with van der Waals surface area (Å²) in [7, 11) is 1.42. The minimum absolute atomic E-state index is 0.0207. The zero-order valence-electron chi connectivity index (χ0n) is 16.0. The maximum atomic E-state index is 15.4. The Morgan fingerprint density at radius 2 is 2.07 bits per heavy atom. The second-order valence-electron chi connectivity index (χ2n) is 7.75. The fourth-order valence-corrected chi connectivity index (χ4v) is 4.27. The number of anilines is 1. The number of aromatic nitrogens is 2. The van der Waals surface area contributed by atoms with Crippen LogP contribution in [0.4, 0.5) is 10.1 Å². The average molecular weight is 392 g/mol. The monoisotopic (exact) mass is 392 g/mol. The van der Waals surface area contributed by atoms with Crippen LogP contribution in [0.5, 0.6) is 5.75 Å². The van der Waals surface area contributed by atoms with Crippen molar-refractivity contribution in [3.63, 3.8) is 0 Å². The molecule has 0 bridgehead atoms. The number of benzene rings is 1. The lowest BCUT2D eigenvalue weighted by molar-refractivity contribution is 0.233. The number of nitrogens with two attached hydrogens (primary N) is 1. The van der Waals surface area contributed by atoms with Gasteiger partial charge in [0.05, 0.1) is 19.1 Å². The van der Waals surface area contributed by atoms with Gasteiger partial charge in [0.25, 0.3) is 5.56 Å². The maximum absolute atomic E-state index is 15.4. The largest absolute Gasteiger partial charge is 0.492 e. The Kier molecular flexibility index (Phi) is 4.67. The topological polar surface area (TPSA) is 114 Å². The highest BCUT2D eigenvalue weighted by Gasteiger charge is 2.35. The summed E-state index contributed by atoms with van der Waals surface area (Å²) in [4.78, 5) is 29.2. The molecule has 1 aliphatic carbocycles. The number of rotatable bonds is 5. The van der Waals surface area contributed by atoms with Crippen molar-refractivity contribution in [2.75, 3.05) is 31.7 Å². The molecule has 2 unspecified atom stereocenters. The molecule has 1 aliphatic heterocycles. The van der Waals surface area contributed by atoms with E-state index in [0.29, 0.717) is 25.0 Å². The zero-order chi connectivity index (χ0) is 20.2. The quantitative estimate of drug-likeness (QED) is 0.688. The third kappa shape index (κ3) is 2.80. The van der Waals surface area contributed by atoms with E-state index in [0.717, 1.165) is 12.8 Å². The molecule has 4 rings (SSSR count). The van der Waals surface area contributed by atoms with E-state index < -0.39 is 17.1 Å². The molecule has 2 fully saturated rings. The highest BCUT2D eigenvalue weighted by molar-refractivity contribution is 5.93. The van der Waals surface area contributed by atoms with Crippen molar-refractivity contribution in [1.82, 2.24) is 9.55 Å². The molecule has 28 heavy (non-hydrogen) atoms. The lowest BCUT2D eigenvalue weighted by Gasteiger charge is -2.26. The van der Waals surface area contributed by atoms with Crippen LogP contribution in [0.1, 0.15) is 30.9 Å². The Balaban J connectivity index is 1.98. The minimum atomic E-state index is -0.611. The lowest BCUT2D eigenvalue weighted by atomic mass is 10.0. The Morgan fingerprint density at radius 3 is 2.68 bits per heavy atom. The highest BCUT2D eigenvalue weighted by Crippen LogP contribution is 2.44. The first kappa shape index (κ1) is 18.9. The highest BCUT2D eigenvalue weighted by atomic mass is 19.1. The van der Waals surface area contributed by atoms with E-state index in [1.54, 1.807) is 6.92 Å². The molecule has 1 aromatic heterocycles. The van der Waals surface area contributed by atoms with Gasteiger partial charge in [-0.2, -0.15) is 0 Å². The molecule has 0 amide bonds. The Bertz CT molecular complexity index is 1040. The van der Waals surface area contributed by atoms with Crippen LogP contribution in [0, 0.1) is 18.7 Å². The SMILES string of the molecule is COc1c(N2CCC(C(N)CO)C2)c(F)c(C)c2c(=O)[nH]c(=O)n(C3CC3)c12. The van der Waals surface area contributed by atoms with Gasteiger partial charge in [0.15, 0.2) is 11.6 Å². The van der Waals surface area contributed by atoms with E-state index in [9.17, 15) is 14.7 Å². The molecule has 0 spiro atoms. The van der Waals surface area contributed by atoms with Crippen LogP contribution in [0.2, 0.25) is 0 Å². The van der Waals surface area contributed by atoms with Crippen molar-refractivity contribution in [2.24, 2.45) is 11.7 Å². The van der Waals surface area contributed by atoms with Crippen molar-refractivity contribution in [3.05, 3.63) is 32.2 Å². The summed E-state index contributed by atoms with van der Waals surface area (Å²) in [6.45, 7) is 2.43. The molecule has 1 saturated heterocycles. The normalized spacial score (nSPS) is 20.8. The molecule has 2 heterocycles. The Morgan fingerprint density at radius 1 is 1.36 bits per heavy atom. The third-order valence-corrected chi connectivity index (χ3v) is 5.96. The maximum Gasteiger partial charge on any atom is 0.329 e. The van der Waals surface area contributed by atoms with Gasteiger partial charge in [0.2, 0.25) is 0 Å². The van der Waals surface area contributed by atoms with Gasteiger partial charge in [-0.05, 0) is 32.1 Å². The first-order valence-corrected chi connectivity index (χ1v) is 9.55. The first-order valence-electron chi connectivity index (χ1n) is 9.55. The summed E-state index contributed by atoms with van der Waals surface area (Å²) in [5, 5.41) is 9.49. The summed E-state index contributed by atoms with van der Waals surface area (Å²) in [5.41, 5.74) is 5.64. The summed E-state index contributed by atoms with van der Waals surface area (Å²) >= 11 is 0. The summed E-state index contributed by atoms with van der Waals surface area (Å²) in [6, 6.07) is -0.402. The molecule has 2 aromatic rings. The molecule has 9 heteroatoms. The predicted molar refractivity (Wildman–Crippen MR) is 104 cm³/mol. The minimum Gasteiger partial charge on any atom is -0.492 e. The van der Waals surface area contributed by atoms with Gasteiger partial charge < -0.3 is 20.5 Å². The van der Waals surface area contributed by atoms with Crippen LogP contribution >= 0.6 is 0 Å². The van der Waals surface area contributed by atoms with Gasteiger partial charge in [-0.3, -0.25) is 14.3 Å². The van der Waals surface area contributed by atoms with E-state index >= 15 is 4.39 Å². The van der Waals surface area contributed by atoms with Crippen molar-refractivity contribution in [1.29, 1.82) is 0 Å². The molecule has 152 valence electrons. The van der Waals surface area contributed by atoms with Crippen LogP contribution < -0.4 is 26.6 Å². The first-order chi connectivity index (χ1) is 13.4. The standard InChI is InChI=1S/C19H25FN4O4/c1-9-13-15(24(11-3-4-11)19(27)22-18(13)26)17(28-2)16(14(9)20)23-6-5-10(7-23)12(21)8-25/h10-12,25H,3-8,21H2,1-2H3,(H,22,26,27). The number of aryl methyl sites for hydroxylation is 1. The molecule has 2 atom stereocenters. The lowest BCUT2D eigenvalue weighted by Crippen LogP contribution is -2.36. The molecular formula is C19H25FN4O4. The van der Waals surface area contributed by atoms with E-state index in [1.165, 1.54) is 11.7 Å². The number of aliphatic hydroxyl groups is 1. The molecule has 1 saturated carbocycles. The Hall–Kier alpha value is -2.39. The molecular weight excluding hydrogens is 367 g/mol. The van der Waals surface area contributed by atoms with Crippen LogP contribution in [0.15, 0.2) is 9.59 Å². The second kappa shape index (κ2) is 6.89. The molecule has 8 nitrogen and oxygen atoms in total. The molecule has 2 aliphatic rings. The van der Waals surface area contributed by atoms with E-state index in [2.05, 4.69) is 4.98 Å². The number of aromatic amines is 1. The molecule has 0 radical (unpaired) electrons. The summed E-state index contributed by atoms with van der Waals surface area (Å²) in [5.74, 6) is -0.310. The second-order valence-corrected chi connectivity index (χ2v) is 7.75. The number of aliphatic hydroxyl groups excluding tert-OH is 1. The fraction of sp³-hybridized carbons (Fsp3) is 0.579. The average Bonchev–Trinajstić information content (AvgIpc) is 3.38. The van der Waals surface area contributed by atoms with Crippen LogP contribution in [-0.2, 0) is 0 Å². The third-order valence-electron chi connectivity index (χ3n) is 5.96. The smallest absolute Gasteiger partial charge is 0.329 e. The number of halogens is 1. The van der Waals surface area contributed by atoms with Crippen LogP contribution in [0.25, 0.3) is 10.9 Å². The number of nitrogens with one attached hydrogen (secondary N) is 1. The van der Waals surface area contributed by atoms with Gasteiger partial charge >= 0.3 is 5.69 Å². The number of nitrogens with zero attached hydrogens (tertiary/aromatic N) is 2. The van der Waals surface area contributed by atoms with Gasteiger partial charge in [-0.15, -0.1) is 0 Å². The summed E-state index contributed by atoms with van der Waals surface area (Å²) < 4.78 is 22.5. The van der Waals surface area contributed by atoms with Crippen molar-refractivity contribution in [2.45, 2.75) is 38.3 Å². The fourth-order valence-electron chi connectivity index (χ4n) is 4.27. The number of hydrogen-bond acceptors (Lipinski definition) is 6. The van der Waals surface area contributed by atoms with E-state index in [4.69, 9.17) is 10.5 Å². The van der Waals surface area contributed by atoms with Crippen molar-refractivity contribution < 1.29 is 14.2 Å².